The lowest BCUT2D eigenvalue weighted by Crippen LogP contribution is -2.27. The molecule has 0 amide bonds. The van der Waals surface area contributed by atoms with Gasteiger partial charge in [-0.3, -0.25) is 0 Å². The highest BCUT2D eigenvalue weighted by molar-refractivity contribution is 8.33. The molecule has 0 atom stereocenters. The van der Waals surface area contributed by atoms with Crippen LogP contribution in [0.5, 0.6) is 5.75 Å². The van der Waals surface area contributed by atoms with Crippen molar-refractivity contribution in [1.82, 2.24) is 0 Å². The predicted octanol–water partition coefficient (Wildman–Crippen LogP) is 6.54. The second-order valence-corrected chi connectivity index (χ2v) is 11.2. The molecule has 31 heavy (non-hydrogen) atoms. The van der Waals surface area contributed by atoms with Gasteiger partial charge < -0.3 is 4.74 Å². The van der Waals surface area contributed by atoms with Gasteiger partial charge in [0.05, 0.1) is 6.10 Å². The smallest absolute Gasteiger partial charge is 0.491 e. The van der Waals surface area contributed by atoms with E-state index < -0.39 is 25.9 Å². The minimum atomic E-state index is -5.92. The highest BCUT2D eigenvalue weighted by atomic mass is 32.3. The summed E-state index contributed by atoms with van der Waals surface area (Å²) in [5.74, 6) is 0.506. The second kappa shape index (κ2) is 8.94. The molecule has 0 bridgehead atoms. The molecule has 0 unspecified atom stereocenters. The minimum Gasteiger partial charge on any atom is -0.491 e. The Balaban J connectivity index is 2.30. The van der Waals surface area contributed by atoms with Crippen LogP contribution in [0.15, 0.2) is 99.6 Å². The fourth-order valence-electron chi connectivity index (χ4n) is 2.91. The molecule has 0 radical (unpaired) electrons. The monoisotopic (exact) mass is 470 g/mol. The van der Waals surface area contributed by atoms with Crippen molar-refractivity contribution in [3.63, 3.8) is 0 Å². The van der Waals surface area contributed by atoms with Crippen molar-refractivity contribution in [2.75, 3.05) is 0 Å². The van der Waals surface area contributed by atoms with Gasteiger partial charge in [0.15, 0.2) is 0 Å². The topological polar surface area (TPSA) is 52.6 Å². The van der Waals surface area contributed by atoms with Crippen molar-refractivity contribution in [2.45, 2.75) is 40.1 Å². The maximum atomic E-state index is 13.4. The van der Waals surface area contributed by atoms with Gasteiger partial charge in [0, 0.05) is 14.7 Å². The highest BCUT2D eigenvalue weighted by Crippen LogP contribution is 2.70. The Labute approximate surface area is 181 Å². The van der Waals surface area contributed by atoms with Crippen molar-refractivity contribution in [2.24, 2.45) is 0 Å². The lowest BCUT2D eigenvalue weighted by atomic mass is 10.3. The van der Waals surface area contributed by atoms with Crippen molar-refractivity contribution in [1.29, 1.82) is 0 Å². The van der Waals surface area contributed by atoms with Crippen LogP contribution in [0.4, 0.5) is 13.2 Å². The van der Waals surface area contributed by atoms with Crippen LogP contribution in [0.3, 0.4) is 0 Å². The zero-order valence-electron chi connectivity index (χ0n) is 16.7. The number of ether oxygens (including phenoxy) is 1. The molecule has 0 heterocycles. The van der Waals surface area contributed by atoms with Crippen LogP contribution in [-0.4, -0.2) is 20.0 Å². The standard InChI is InChI=1S/C22H21F3O4S2/c1-17(2)28-18-13-15-21(16-14-18)30(19-9-5-3-6-10-19,20-11-7-4-8-12-20)29-31(26,27)22(23,24)25/h3-17H,1-2H3. The molecular weight excluding hydrogens is 449 g/mol. The molecule has 0 aliphatic heterocycles. The maximum absolute atomic E-state index is 13.4. The summed E-state index contributed by atoms with van der Waals surface area (Å²) in [6, 6.07) is 22.4. The van der Waals surface area contributed by atoms with Gasteiger partial charge in [-0.1, -0.05) is 36.4 Å². The summed E-state index contributed by atoms with van der Waals surface area (Å²) in [6.07, 6.45) is -0.104. The summed E-state index contributed by atoms with van der Waals surface area (Å²) in [4.78, 5) is 0.909. The Morgan fingerprint density at radius 3 is 1.52 bits per heavy atom. The number of benzene rings is 3. The summed E-state index contributed by atoms with van der Waals surface area (Å²) in [6.45, 7) is 3.69. The van der Waals surface area contributed by atoms with Crippen LogP contribution in [0, 0.1) is 0 Å². The fourth-order valence-corrected chi connectivity index (χ4v) is 7.65. The molecule has 0 spiro atoms. The Morgan fingerprint density at radius 1 is 0.710 bits per heavy atom. The van der Waals surface area contributed by atoms with Crippen molar-refractivity contribution in [3.8, 4) is 5.75 Å². The molecule has 0 fully saturated rings. The van der Waals surface area contributed by atoms with Crippen molar-refractivity contribution < 1.29 is 30.0 Å². The molecule has 3 rings (SSSR count). The lowest BCUT2D eigenvalue weighted by molar-refractivity contribution is -0.0496. The van der Waals surface area contributed by atoms with Crippen LogP contribution in [0.1, 0.15) is 13.8 Å². The van der Waals surface area contributed by atoms with E-state index >= 15 is 0 Å². The molecule has 3 aromatic carbocycles. The predicted molar refractivity (Wildman–Crippen MR) is 114 cm³/mol. The third-order valence-corrected chi connectivity index (χ3v) is 9.06. The van der Waals surface area contributed by atoms with Gasteiger partial charge in [-0.2, -0.15) is 25.2 Å². The molecular formula is C22H21F3O4S2. The number of halogens is 3. The van der Waals surface area contributed by atoms with E-state index in [2.05, 4.69) is 0 Å². The SMILES string of the molecule is CC(C)Oc1ccc(S(OS(=O)(=O)C(F)(F)F)(c2ccccc2)c2ccccc2)cc1. The zero-order chi connectivity index (χ0) is 22.7. The normalized spacial score (nSPS) is 13.2. The van der Waals surface area contributed by atoms with E-state index in [-0.39, 0.29) is 11.0 Å². The highest BCUT2D eigenvalue weighted by Gasteiger charge is 2.52. The van der Waals surface area contributed by atoms with Crippen molar-refractivity contribution in [3.05, 3.63) is 84.9 Å². The Bertz CT molecular complexity index is 1060. The molecule has 0 aliphatic carbocycles. The molecule has 0 aromatic heterocycles. The van der Waals surface area contributed by atoms with Gasteiger partial charge in [0.1, 0.15) is 5.75 Å². The van der Waals surface area contributed by atoms with E-state index in [1.54, 1.807) is 84.9 Å². The van der Waals surface area contributed by atoms with Gasteiger partial charge in [0.25, 0.3) is 0 Å². The third-order valence-electron chi connectivity index (χ3n) is 4.15. The lowest BCUT2D eigenvalue weighted by Gasteiger charge is -2.39. The Morgan fingerprint density at radius 2 is 1.13 bits per heavy atom. The van der Waals surface area contributed by atoms with Gasteiger partial charge in [-0.15, -0.1) is 0 Å². The number of hydrogen-bond acceptors (Lipinski definition) is 4. The van der Waals surface area contributed by atoms with Crippen LogP contribution in [0.2, 0.25) is 0 Å². The molecule has 0 N–H and O–H groups in total. The van der Waals surface area contributed by atoms with E-state index in [0.29, 0.717) is 15.5 Å². The molecule has 0 saturated carbocycles. The summed E-state index contributed by atoms with van der Waals surface area (Å²) in [7, 11) is -9.21. The number of alkyl halides is 3. The molecule has 4 nitrogen and oxygen atoms in total. The summed E-state index contributed by atoms with van der Waals surface area (Å²) >= 11 is 0. The first-order valence-corrected chi connectivity index (χ1v) is 12.3. The van der Waals surface area contributed by atoms with Gasteiger partial charge in [-0.05, 0) is 72.7 Å². The minimum absolute atomic E-state index is 0.104. The van der Waals surface area contributed by atoms with Gasteiger partial charge in [-0.25, -0.2) is 0 Å². The number of hydrogen-bond donors (Lipinski definition) is 0. The summed E-state index contributed by atoms with van der Waals surface area (Å²) in [5.41, 5.74) is -5.57. The van der Waals surface area contributed by atoms with E-state index in [4.69, 9.17) is 8.37 Å². The number of rotatable bonds is 7. The fraction of sp³-hybridized carbons (Fsp3) is 0.182. The van der Waals surface area contributed by atoms with Gasteiger partial charge in [0.2, 0.25) is 0 Å². The van der Waals surface area contributed by atoms with E-state index in [1.807, 2.05) is 13.8 Å². The first-order chi connectivity index (χ1) is 14.6. The summed E-state index contributed by atoms with van der Waals surface area (Å²) in [5, 5.41) is 0. The maximum Gasteiger partial charge on any atom is 0.524 e. The Kier molecular flexibility index (Phi) is 6.68. The molecule has 0 aliphatic rings. The molecule has 3 aromatic rings. The Hall–Kier alpha value is -2.49. The molecule has 0 saturated heterocycles. The zero-order valence-corrected chi connectivity index (χ0v) is 18.4. The average molecular weight is 471 g/mol. The van der Waals surface area contributed by atoms with E-state index in [9.17, 15) is 21.6 Å². The van der Waals surface area contributed by atoms with Crippen LogP contribution in [0.25, 0.3) is 0 Å². The average Bonchev–Trinajstić information content (AvgIpc) is 2.73. The van der Waals surface area contributed by atoms with Crippen LogP contribution >= 0.6 is 10.3 Å². The van der Waals surface area contributed by atoms with Crippen LogP contribution < -0.4 is 4.74 Å². The van der Waals surface area contributed by atoms with E-state index in [0.717, 1.165) is 0 Å². The molecule has 166 valence electrons. The summed E-state index contributed by atoms with van der Waals surface area (Å²) < 4.78 is 75.5. The van der Waals surface area contributed by atoms with Crippen molar-refractivity contribution >= 4 is 20.4 Å². The molecule has 9 heteroatoms. The second-order valence-electron chi connectivity index (χ2n) is 6.79. The first kappa shape index (κ1) is 23.2. The quantitative estimate of drug-likeness (QED) is 0.368. The van der Waals surface area contributed by atoms with Crippen LogP contribution in [-0.2, 0) is 13.7 Å². The van der Waals surface area contributed by atoms with Gasteiger partial charge >= 0.3 is 15.6 Å². The largest absolute Gasteiger partial charge is 0.524 e. The van der Waals surface area contributed by atoms with E-state index in [1.165, 1.54) is 0 Å². The first-order valence-electron chi connectivity index (χ1n) is 9.29. The third kappa shape index (κ3) is 4.89.